The Morgan fingerprint density at radius 2 is 2.11 bits per heavy atom. The summed E-state index contributed by atoms with van der Waals surface area (Å²) in [6.07, 6.45) is 1.44. The van der Waals surface area contributed by atoms with E-state index in [-0.39, 0.29) is 11.2 Å². The lowest BCUT2D eigenvalue weighted by molar-refractivity contribution is 0.412. The van der Waals surface area contributed by atoms with Crippen molar-refractivity contribution >= 4 is 21.6 Å². The zero-order valence-electron chi connectivity index (χ0n) is 10.2. The van der Waals surface area contributed by atoms with Crippen molar-refractivity contribution < 1.29 is 4.74 Å². The van der Waals surface area contributed by atoms with E-state index in [2.05, 4.69) is 21.1 Å². The number of hydrogen-bond acceptors (Lipinski definition) is 4. The molecule has 0 fully saturated rings. The zero-order chi connectivity index (χ0) is 13.8. The average Bonchev–Trinajstić information content (AvgIpc) is 2.41. The van der Waals surface area contributed by atoms with Gasteiger partial charge in [-0.3, -0.25) is 4.79 Å². The van der Waals surface area contributed by atoms with E-state index in [1.807, 2.05) is 18.2 Å². The Morgan fingerprint density at radius 1 is 1.32 bits per heavy atom. The highest BCUT2D eigenvalue weighted by atomic mass is 79.9. The largest absolute Gasteiger partial charge is 0.496 e. The molecule has 5 nitrogen and oxygen atoms in total. The molecule has 0 N–H and O–H groups in total. The molecule has 0 aliphatic heterocycles. The normalized spacial score (nSPS) is 10.2. The smallest absolute Gasteiger partial charge is 0.250 e. The second kappa shape index (κ2) is 5.79. The quantitative estimate of drug-likeness (QED) is 0.813. The molecule has 0 saturated heterocycles. The van der Waals surface area contributed by atoms with E-state index in [4.69, 9.17) is 4.74 Å². The van der Waals surface area contributed by atoms with Crippen molar-refractivity contribution in [2.24, 2.45) is 5.18 Å². The van der Waals surface area contributed by atoms with Crippen LogP contribution in [-0.2, 0) is 6.54 Å². The Kier molecular flexibility index (Phi) is 4.11. The van der Waals surface area contributed by atoms with Gasteiger partial charge in [-0.2, -0.15) is 0 Å². The van der Waals surface area contributed by atoms with Gasteiger partial charge in [-0.1, -0.05) is 6.07 Å². The van der Waals surface area contributed by atoms with Crippen molar-refractivity contribution in [2.45, 2.75) is 6.54 Å². The first-order valence-electron chi connectivity index (χ1n) is 5.50. The van der Waals surface area contributed by atoms with Crippen LogP contribution < -0.4 is 10.3 Å². The van der Waals surface area contributed by atoms with Crippen molar-refractivity contribution in [2.75, 3.05) is 7.11 Å². The van der Waals surface area contributed by atoms with Crippen LogP contribution in [0.3, 0.4) is 0 Å². The van der Waals surface area contributed by atoms with Gasteiger partial charge < -0.3 is 9.30 Å². The fourth-order valence-electron chi connectivity index (χ4n) is 1.70. The second-order valence-electron chi connectivity index (χ2n) is 3.91. The lowest BCUT2D eigenvalue weighted by Gasteiger charge is -2.08. The summed E-state index contributed by atoms with van der Waals surface area (Å²) in [5.74, 6) is 0.722. The number of halogens is 1. The van der Waals surface area contributed by atoms with Gasteiger partial charge in [-0.05, 0) is 44.9 Å². The summed E-state index contributed by atoms with van der Waals surface area (Å²) in [4.78, 5) is 22.2. The lowest BCUT2D eigenvalue weighted by Crippen LogP contribution is -2.18. The molecule has 0 aliphatic carbocycles. The number of aromatic nitrogens is 1. The summed E-state index contributed by atoms with van der Waals surface area (Å²) in [6.45, 7) is 0.366. The Balaban J connectivity index is 2.33. The van der Waals surface area contributed by atoms with Gasteiger partial charge >= 0.3 is 0 Å². The van der Waals surface area contributed by atoms with E-state index < -0.39 is 0 Å². The maximum absolute atomic E-state index is 11.7. The molecule has 2 rings (SSSR count). The van der Waals surface area contributed by atoms with Crippen LogP contribution >= 0.6 is 15.9 Å². The van der Waals surface area contributed by atoms with Gasteiger partial charge in [0.1, 0.15) is 11.4 Å². The highest BCUT2D eigenvalue weighted by molar-refractivity contribution is 9.10. The van der Waals surface area contributed by atoms with Gasteiger partial charge in [0.2, 0.25) is 0 Å². The van der Waals surface area contributed by atoms with Gasteiger partial charge in [-0.25, -0.2) is 0 Å². The van der Waals surface area contributed by atoms with Crippen molar-refractivity contribution in [3.63, 3.8) is 0 Å². The first-order valence-corrected chi connectivity index (χ1v) is 6.29. The number of methoxy groups -OCH3 is 1. The lowest BCUT2D eigenvalue weighted by atomic mass is 10.2. The van der Waals surface area contributed by atoms with Gasteiger partial charge in [0.15, 0.2) is 0 Å². The van der Waals surface area contributed by atoms with Crippen LogP contribution in [0.25, 0.3) is 0 Å². The second-order valence-corrected chi connectivity index (χ2v) is 4.77. The number of hydrogen-bond donors (Lipinski definition) is 0. The van der Waals surface area contributed by atoms with E-state index in [0.717, 1.165) is 15.8 Å². The first-order chi connectivity index (χ1) is 9.13. The molecule has 6 heteroatoms. The molecule has 0 saturated carbocycles. The molecule has 2 aromatic rings. The predicted molar refractivity (Wildman–Crippen MR) is 76.0 cm³/mol. The predicted octanol–water partition coefficient (Wildman–Crippen LogP) is 3.07. The molecule has 19 heavy (non-hydrogen) atoms. The monoisotopic (exact) mass is 322 g/mol. The standard InChI is InChI=1S/C13H11BrN2O3/c1-19-12-4-2-9(6-11(12)14)7-16-8-10(15-18)3-5-13(16)17/h2-6,8H,7H2,1H3. The SMILES string of the molecule is COc1ccc(Cn2cc(N=O)ccc2=O)cc1Br. The molecular formula is C13H11BrN2O3. The molecule has 0 atom stereocenters. The highest BCUT2D eigenvalue weighted by Gasteiger charge is 2.04. The number of benzene rings is 1. The van der Waals surface area contributed by atoms with Crippen LogP contribution in [0.5, 0.6) is 5.75 Å². The Labute approximate surface area is 117 Å². The Hall–Kier alpha value is -1.95. The zero-order valence-corrected chi connectivity index (χ0v) is 11.8. The molecule has 0 radical (unpaired) electrons. The molecule has 1 heterocycles. The van der Waals surface area contributed by atoms with Crippen molar-refractivity contribution in [3.05, 3.63) is 61.8 Å². The molecule has 0 aliphatic rings. The van der Waals surface area contributed by atoms with Crippen LogP contribution in [0, 0.1) is 4.91 Å². The summed E-state index contributed by atoms with van der Waals surface area (Å²) >= 11 is 3.39. The van der Waals surface area contributed by atoms with E-state index in [1.54, 1.807) is 7.11 Å². The molecule has 0 unspecified atom stereocenters. The summed E-state index contributed by atoms with van der Waals surface area (Å²) in [7, 11) is 1.59. The van der Waals surface area contributed by atoms with Crippen LogP contribution in [-0.4, -0.2) is 11.7 Å². The molecule has 98 valence electrons. The summed E-state index contributed by atoms with van der Waals surface area (Å²) < 4.78 is 7.38. The van der Waals surface area contributed by atoms with E-state index in [1.165, 1.54) is 22.9 Å². The third-order valence-corrected chi connectivity index (χ3v) is 3.26. The molecular weight excluding hydrogens is 312 g/mol. The van der Waals surface area contributed by atoms with Gasteiger partial charge in [0, 0.05) is 12.3 Å². The van der Waals surface area contributed by atoms with Gasteiger partial charge in [-0.15, -0.1) is 4.91 Å². The van der Waals surface area contributed by atoms with Gasteiger partial charge in [0.05, 0.1) is 18.1 Å². The van der Waals surface area contributed by atoms with Crippen LogP contribution in [0.4, 0.5) is 5.69 Å². The Morgan fingerprint density at radius 3 is 2.74 bits per heavy atom. The topological polar surface area (TPSA) is 60.7 Å². The van der Waals surface area contributed by atoms with Crippen LogP contribution in [0.15, 0.2) is 51.0 Å². The van der Waals surface area contributed by atoms with Gasteiger partial charge in [0.25, 0.3) is 5.56 Å². The molecule has 1 aromatic heterocycles. The van der Waals surface area contributed by atoms with Crippen LogP contribution in [0.2, 0.25) is 0 Å². The number of pyridine rings is 1. The molecule has 0 amide bonds. The van der Waals surface area contributed by atoms with E-state index in [0.29, 0.717) is 6.54 Å². The fourth-order valence-corrected chi connectivity index (χ4v) is 2.29. The molecule has 1 aromatic carbocycles. The van der Waals surface area contributed by atoms with E-state index in [9.17, 15) is 9.70 Å². The molecule has 0 spiro atoms. The number of rotatable bonds is 4. The maximum Gasteiger partial charge on any atom is 0.250 e. The number of ether oxygens (including phenoxy) is 1. The summed E-state index contributed by atoms with van der Waals surface area (Å²) in [6, 6.07) is 8.26. The fraction of sp³-hybridized carbons (Fsp3) is 0.154. The number of nitrogens with zero attached hydrogens (tertiary/aromatic N) is 2. The number of nitroso groups, excluding NO2 is 1. The maximum atomic E-state index is 11.7. The molecule has 0 bridgehead atoms. The van der Waals surface area contributed by atoms with E-state index >= 15 is 0 Å². The van der Waals surface area contributed by atoms with Crippen molar-refractivity contribution in [3.8, 4) is 5.75 Å². The average molecular weight is 323 g/mol. The minimum atomic E-state index is -0.181. The third-order valence-electron chi connectivity index (χ3n) is 2.64. The van der Waals surface area contributed by atoms with Crippen molar-refractivity contribution in [1.82, 2.24) is 4.57 Å². The van der Waals surface area contributed by atoms with Crippen molar-refractivity contribution in [1.29, 1.82) is 0 Å². The minimum Gasteiger partial charge on any atom is -0.496 e. The third kappa shape index (κ3) is 3.08. The van der Waals surface area contributed by atoms with Crippen LogP contribution in [0.1, 0.15) is 5.56 Å². The highest BCUT2D eigenvalue weighted by Crippen LogP contribution is 2.25. The summed E-state index contributed by atoms with van der Waals surface area (Å²) in [5, 5.41) is 2.82. The first kappa shape index (κ1) is 13.5. The summed E-state index contributed by atoms with van der Waals surface area (Å²) in [5.41, 5.74) is 0.962. The minimum absolute atomic E-state index is 0.181. The Bertz CT molecular complexity index is 667.